The second kappa shape index (κ2) is 56.6. The number of rotatable bonds is 57. The van der Waals surface area contributed by atoms with E-state index in [-0.39, 0.29) is 25.9 Å². The summed E-state index contributed by atoms with van der Waals surface area (Å²) in [5, 5.41) is 9.83. The number of aliphatic hydroxyl groups excluding tert-OH is 1. The number of hydrogen-bond acceptors (Lipinski definition) is 10. The highest BCUT2D eigenvalue weighted by molar-refractivity contribution is 7.47. The zero-order valence-corrected chi connectivity index (χ0v) is 48.7. The number of phosphoric ester groups is 1. The molecule has 0 aromatic carbocycles. The number of ether oxygens (including phenoxy) is 3. The van der Waals surface area contributed by atoms with Gasteiger partial charge in [0.05, 0.1) is 19.8 Å². The molecule has 74 heavy (non-hydrogen) atoms. The van der Waals surface area contributed by atoms with Crippen molar-refractivity contribution in [3.05, 3.63) is 48.6 Å². The fourth-order valence-corrected chi connectivity index (χ4v) is 9.43. The number of phosphoric acid groups is 1. The summed E-state index contributed by atoms with van der Waals surface area (Å²) >= 11 is 0. The van der Waals surface area contributed by atoms with E-state index in [0.717, 1.165) is 103 Å². The summed E-state index contributed by atoms with van der Waals surface area (Å²) in [6.07, 6.45) is 60.6. The Morgan fingerprint density at radius 3 is 1.08 bits per heavy atom. The van der Waals surface area contributed by atoms with Gasteiger partial charge >= 0.3 is 25.7 Å². The Morgan fingerprint density at radius 1 is 0.392 bits per heavy atom. The lowest BCUT2D eigenvalue weighted by Crippen LogP contribution is -2.30. The van der Waals surface area contributed by atoms with Crippen molar-refractivity contribution >= 4 is 25.7 Å². The molecule has 0 aromatic rings. The topological polar surface area (TPSA) is 155 Å². The van der Waals surface area contributed by atoms with Crippen molar-refractivity contribution in [2.75, 3.05) is 26.4 Å². The summed E-state index contributed by atoms with van der Waals surface area (Å²) in [4.78, 5) is 48.6. The average molecular weight is 1070 g/mol. The Morgan fingerprint density at radius 2 is 0.703 bits per heavy atom. The van der Waals surface area contributed by atoms with Crippen LogP contribution in [0, 0.1) is 0 Å². The van der Waals surface area contributed by atoms with Crippen molar-refractivity contribution in [2.24, 2.45) is 0 Å². The number of allylic oxidation sites excluding steroid dienone is 8. The Hall–Kier alpha value is -2.56. The Labute approximate surface area is 453 Å². The van der Waals surface area contributed by atoms with E-state index in [2.05, 4.69) is 69.4 Å². The summed E-state index contributed by atoms with van der Waals surface area (Å²) in [6, 6.07) is 0. The van der Waals surface area contributed by atoms with Crippen LogP contribution in [0.5, 0.6) is 0 Å². The largest absolute Gasteiger partial charge is 0.472 e. The summed E-state index contributed by atoms with van der Waals surface area (Å²) < 4.78 is 39.6. The van der Waals surface area contributed by atoms with Crippen LogP contribution in [0.4, 0.5) is 0 Å². The van der Waals surface area contributed by atoms with Gasteiger partial charge in [-0.05, 0) is 57.8 Å². The van der Waals surface area contributed by atoms with E-state index in [0.29, 0.717) is 19.3 Å². The third-order valence-corrected chi connectivity index (χ3v) is 14.2. The molecule has 0 saturated heterocycles. The first-order chi connectivity index (χ1) is 36.2. The molecule has 3 unspecified atom stereocenters. The monoisotopic (exact) mass is 1060 g/mol. The van der Waals surface area contributed by atoms with Gasteiger partial charge in [-0.3, -0.25) is 23.4 Å². The Balaban J connectivity index is 4.69. The van der Waals surface area contributed by atoms with Crippen molar-refractivity contribution in [1.29, 1.82) is 0 Å². The summed E-state index contributed by atoms with van der Waals surface area (Å²) in [7, 11) is -4.75. The zero-order chi connectivity index (χ0) is 54.1. The van der Waals surface area contributed by atoms with Gasteiger partial charge in [0.1, 0.15) is 12.7 Å². The van der Waals surface area contributed by atoms with E-state index < -0.39 is 57.8 Å². The van der Waals surface area contributed by atoms with Crippen LogP contribution >= 0.6 is 7.82 Å². The number of esters is 3. The molecule has 2 N–H and O–H groups in total. The van der Waals surface area contributed by atoms with Crippen LogP contribution in [0.25, 0.3) is 0 Å². The fraction of sp³-hybridized carbons (Fsp3) is 0.823. The van der Waals surface area contributed by atoms with Crippen LogP contribution in [-0.2, 0) is 42.2 Å². The van der Waals surface area contributed by atoms with Gasteiger partial charge < -0.3 is 24.2 Å². The molecule has 3 atom stereocenters. The molecule has 0 fully saturated rings. The summed E-state index contributed by atoms with van der Waals surface area (Å²) in [6.45, 7) is 4.56. The van der Waals surface area contributed by atoms with E-state index in [1.165, 1.54) is 128 Å². The lowest BCUT2D eigenvalue weighted by Gasteiger charge is -2.21. The SMILES string of the molecule is CC/C=C\C/C=C\C/C=C\C/C=C\CCCCCCCCC(=O)OC(COC(=O)CCCCCCCCCCCCCCC)COP(=O)(O)OCC(CO)OC(=O)CCCCCCCCCCCCCCCCC. The van der Waals surface area contributed by atoms with Crippen molar-refractivity contribution in [3.63, 3.8) is 0 Å². The van der Waals surface area contributed by atoms with E-state index >= 15 is 0 Å². The average Bonchev–Trinajstić information content (AvgIpc) is 3.39. The van der Waals surface area contributed by atoms with Gasteiger partial charge in [0, 0.05) is 19.3 Å². The van der Waals surface area contributed by atoms with Crippen molar-refractivity contribution in [1.82, 2.24) is 0 Å². The molecule has 0 aliphatic rings. The van der Waals surface area contributed by atoms with Crippen LogP contribution < -0.4 is 0 Å². The van der Waals surface area contributed by atoms with Crippen molar-refractivity contribution < 1.29 is 52.2 Å². The highest BCUT2D eigenvalue weighted by Crippen LogP contribution is 2.43. The van der Waals surface area contributed by atoms with Crippen LogP contribution in [0.15, 0.2) is 48.6 Å². The fourth-order valence-electron chi connectivity index (χ4n) is 8.64. The number of carbonyl (C=O) groups excluding carboxylic acids is 3. The maximum absolute atomic E-state index is 12.9. The van der Waals surface area contributed by atoms with Gasteiger partial charge in [0.15, 0.2) is 6.10 Å². The lowest BCUT2D eigenvalue weighted by molar-refractivity contribution is -0.161. The van der Waals surface area contributed by atoms with E-state index in [4.69, 9.17) is 23.3 Å². The minimum atomic E-state index is -4.75. The van der Waals surface area contributed by atoms with Gasteiger partial charge in [0.25, 0.3) is 0 Å². The zero-order valence-electron chi connectivity index (χ0n) is 47.8. The minimum absolute atomic E-state index is 0.154. The third-order valence-electron chi connectivity index (χ3n) is 13.3. The molecule has 0 amide bonds. The predicted octanol–water partition coefficient (Wildman–Crippen LogP) is 18.1. The normalized spacial score (nSPS) is 13.6. The van der Waals surface area contributed by atoms with Gasteiger partial charge in [-0.2, -0.15) is 0 Å². The van der Waals surface area contributed by atoms with Crippen molar-refractivity contribution in [2.45, 2.75) is 303 Å². The molecule has 0 saturated carbocycles. The van der Waals surface area contributed by atoms with Gasteiger partial charge in [-0.25, -0.2) is 4.57 Å². The Bertz CT molecular complexity index is 1430. The molecule has 0 radical (unpaired) electrons. The van der Waals surface area contributed by atoms with E-state index in [1.807, 2.05) is 0 Å². The molecule has 0 spiro atoms. The number of aliphatic hydroxyl groups is 1. The maximum atomic E-state index is 12.9. The first kappa shape index (κ1) is 71.4. The summed E-state index contributed by atoms with van der Waals surface area (Å²) in [5.74, 6) is -1.46. The quantitative estimate of drug-likeness (QED) is 0.0197. The first-order valence-electron chi connectivity index (χ1n) is 30.5. The molecule has 0 aliphatic heterocycles. The second-order valence-corrected chi connectivity index (χ2v) is 22.0. The standard InChI is InChI=1S/C62H113O11P/c1-4-7-10-13-16-19-22-25-27-28-29-30-32-35-38-41-44-47-50-53-62(66)73-59(55-69-60(64)51-48-45-42-39-36-33-24-21-18-15-12-9-6-3)57-71-74(67,68)70-56-58(54-63)72-61(65)52-49-46-43-40-37-34-31-26-23-20-17-14-11-8-5-2/h7,10,16,19,25,27,29-30,58-59,63H,4-6,8-9,11-15,17-18,20-24,26,28,31-57H2,1-3H3,(H,67,68)/b10-7-,19-16-,27-25-,30-29-. The predicted molar refractivity (Wildman–Crippen MR) is 307 cm³/mol. The molecule has 0 rings (SSSR count). The molecule has 0 aromatic heterocycles. The smallest absolute Gasteiger partial charge is 0.462 e. The number of hydrogen-bond donors (Lipinski definition) is 2. The highest BCUT2D eigenvalue weighted by Gasteiger charge is 2.28. The summed E-state index contributed by atoms with van der Waals surface area (Å²) in [5.41, 5.74) is 0. The second-order valence-electron chi connectivity index (χ2n) is 20.5. The molecular weight excluding hydrogens is 952 g/mol. The van der Waals surface area contributed by atoms with Crippen molar-refractivity contribution in [3.8, 4) is 0 Å². The third kappa shape index (κ3) is 54.2. The molecule has 12 heteroatoms. The molecule has 432 valence electrons. The molecule has 0 aliphatic carbocycles. The molecule has 11 nitrogen and oxygen atoms in total. The van der Waals surface area contributed by atoms with Crippen LogP contribution in [0.2, 0.25) is 0 Å². The minimum Gasteiger partial charge on any atom is -0.462 e. The van der Waals surface area contributed by atoms with Crippen LogP contribution in [0.1, 0.15) is 290 Å². The number of unbranched alkanes of at least 4 members (excludes halogenated alkanes) is 32. The van der Waals surface area contributed by atoms with E-state index in [9.17, 15) is 28.9 Å². The van der Waals surface area contributed by atoms with Crippen LogP contribution in [-0.4, -0.2) is 66.5 Å². The highest BCUT2D eigenvalue weighted by atomic mass is 31.2. The lowest BCUT2D eigenvalue weighted by atomic mass is 10.0. The van der Waals surface area contributed by atoms with Gasteiger partial charge in [-0.1, -0.05) is 262 Å². The van der Waals surface area contributed by atoms with E-state index in [1.54, 1.807) is 0 Å². The van der Waals surface area contributed by atoms with Gasteiger partial charge in [0.2, 0.25) is 0 Å². The molecule has 0 heterocycles. The Kier molecular flexibility index (Phi) is 54.7. The molecule has 0 bridgehead atoms. The first-order valence-corrected chi connectivity index (χ1v) is 32.0. The maximum Gasteiger partial charge on any atom is 0.472 e. The van der Waals surface area contributed by atoms with Gasteiger partial charge in [-0.15, -0.1) is 0 Å². The number of carbonyl (C=O) groups is 3. The van der Waals surface area contributed by atoms with Crippen LogP contribution in [0.3, 0.4) is 0 Å². The molecular formula is C62H113O11P.